The predicted molar refractivity (Wildman–Crippen MR) is 57.5 cm³/mol. The summed E-state index contributed by atoms with van der Waals surface area (Å²) in [6.07, 6.45) is 1.66. The zero-order valence-electron chi connectivity index (χ0n) is 10.2. The van der Waals surface area contributed by atoms with Gasteiger partial charge in [-0.25, -0.2) is 0 Å². The Balaban J connectivity index is 4.56. The zero-order valence-corrected chi connectivity index (χ0v) is 10.2. The summed E-state index contributed by atoms with van der Waals surface area (Å²) in [5.74, 6) is -2.04. The quantitative estimate of drug-likeness (QED) is 0.497. The van der Waals surface area contributed by atoms with E-state index >= 15 is 0 Å². The van der Waals surface area contributed by atoms with Gasteiger partial charge in [-0.1, -0.05) is 0 Å². The molecule has 1 N–H and O–H groups in total. The van der Waals surface area contributed by atoms with Gasteiger partial charge in [0.25, 0.3) is 0 Å². The standard InChI is InChI=1S/C11H19NO4/c1-8(11(15)16)7-9(2)12(3,4)6-5-10(13)14/h7,9H,5-6H2,1-4H3,(H-,13,14,15,16)/b8-7+. The Hall–Kier alpha value is -1.36. The lowest BCUT2D eigenvalue weighted by Crippen LogP contribution is -2.48. The van der Waals surface area contributed by atoms with Crippen LogP contribution in [-0.2, 0) is 9.59 Å². The van der Waals surface area contributed by atoms with Gasteiger partial charge in [-0.05, 0) is 25.5 Å². The molecule has 1 unspecified atom stereocenters. The Kier molecular flexibility index (Phi) is 5.17. The maximum Gasteiger partial charge on any atom is 0.309 e. The number of nitrogens with zero attached hydrogens (tertiary/aromatic N) is 1. The van der Waals surface area contributed by atoms with Crippen LogP contribution in [0.25, 0.3) is 0 Å². The van der Waals surface area contributed by atoms with Gasteiger partial charge in [-0.3, -0.25) is 4.79 Å². The van der Waals surface area contributed by atoms with Crippen LogP contribution in [0.3, 0.4) is 0 Å². The van der Waals surface area contributed by atoms with E-state index in [1.165, 1.54) is 6.92 Å². The first kappa shape index (κ1) is 14.6. The van der Waals surface area contributed by atoms with E-state index in [1.54, 1.807) is 6.08 Å². The molecule has 0 bridgehead atoms. The van der Waals surface area contributed by atoms with Crippen LogP contribution in [0.1, 0.15) is 20.3 Å². The minimum atomic E-state index is -1.19. The molecule has 16 heavy (non-hydrogen) atoms. The smallest absolute Gasteiger partial charge is 0.309 e. The van der Waals surface area contributed by atoms with Gasteiger partial charge in [0.2, 0.25) is 0 Å². The molecule has 1 atom stereocenters. The Labute approximate surface area is 95.6 Å². The Bertz CT molecular complexity index is 307. The fourth-order valence-electron chi connectivity index (χ4n) is 1.22. The Morgan fingerprint density at radius 1 is 1.44 bits per heavy atom. The second-order valence-electron chi connectivity index (χ2n) is 4.52. The second kappa shape index (κ2) is 5.65. The number of carbonyl (C=O) groups excluding carboxylic acids is 1. The maximum atomic E-state index is 10.5. The van der Waals surface area contributed by atoms with Crippen LogP contribution >= 0.6 is 0 Å². The van der Waals surface area contributed by atoms with E-state index in [0.29, 0.717) is 11.0 Å². The lowest BCUT2D eigenvalue weighted by molar-refractivity contribution is -0.906. The molecule has 0 spiro atoms. The molecule has 5 heteroatoms. The van der Waals surface area contributed by atoms with E-state index in [4.69, 9.17) is 5.11 Å². The molecular formula is C11H19NO4. The molecule has 0 aromatic rings. The van der Waals surface area contributed by atoms with Crippen LogP contribution < -0.4 is 5.11 Å². The molecule has 0 aliphatic rings. The molecule has 92 valence electrons. The largest absolute Gasteiger partial charge is 0.545 e. The molecule has 0 heterocycles. The molecular weight excluding hydrogens is 210 g/mol. The fraction of sp³-hybridized carbons (Fsp3) is 0.636. The van der Waals surface area contributed by atoms with Crippen molar-refractivity contribution in [1.82, 2.24) is 0 Å². The van der Waals surface area contributed by atoms with E-state index < -0.39 is 11.9 Å². The van der Waals surface area contributed by atoms with Crippen LogP contribution in [0, 0.1) is 0 Å². The number of carboxylic acids is 2. The van der Waals surface area contributed by atoms with Crippen molar-refractivity contribution in [2.24, 2.45) is 0 Å². The summed E-state index contributed by atoms with van der Waals surface area (Å²) in [5, 5.41) is 19.1. The molecule has 0 fully saturated rings. The van der Waals surface area contributed by atoms with Crippen LogP contribution in [0.5, 0.6) is 0 Å². The molecule has 0 saturated heterocycles. The van der Waals surface area contributed by atoms with Crippen molar-refractivity contribution in [2.45, 2.75) is 26.3 Å². The number of hydrogen-bond donors (Lipinski definition) is 1. The number of aliphatic carboxylic acids is 2. The summed E-state index contributed by atoms with van der Waals surface area (Å²) in [6.45, 7) is 3.78. The van der Waals surface area contributed by atoms with Gasteiger partial charge in [0.15, 0.2) is 0 Å². The van der Waals surface area contributed by atoms with E-state index in [0.717, 1.165) is 0 Å². The monoisotopic (exact) mass is 229 g/mol. The number of rotatable bonds is 6. The highest BCUT2D eigenvalue weighted by atomic mass is 16.4. The van der Waals surface area contributed by atoms with Crippen molar-refractivity contribution in [3.63, 3.8) is 0 Å². The summed E-state index contributed by atoms with van der Waals surface area (Å²) in [5.41, 5.74) is 0.175. The van der Waals surface area contributed by atoms with E-state index in [1.807, 2.05) is 21.0 Å². The summed E-state index contributed by atoms with van der Waals surface area (Å²) in [7, 11) is 3.74. The Morgan fingerprint density at radius 2 is 1.94 bits per heavy atom. The minimum Gasteiger partial charge on any atom is -0.545 e. The van der Waals surface area contributed by atoms with Crippen molar-refractivity contribution in [3.8, 4) is 0 Å². The molecule has 0 aliphatic carbocycles. The van der Waals surface area contributed by atoms with Crippen LogP contribution in [0.4, 0.5) is 0 Å². The van der Waals surface area contributed by atoms with Crippen molar-refractivity contribution in [2.75, 3.05) is 20.6 Å². The number of carbonyl (C=O) groups is 2. The topological polar surface area (TPSA) is 77.4 Å². The van der Waals surface area contributed by atoms with Crippen LogP contribution in [0.2, 0.25) is 0 Å². The molecule has 5 nitrogen and oxygen atoms in total. The summed E-state index contributed by atoms with van der Waals surface area (Å²) < 4.78 is 0.427. The minimum absolute atomic E-state index is 0.0650. The van der Waals surface area contributed by atoms with Gasteiger partial charge in [-0.2, -0.15) is 0 Å². The summed E-state index contributed by atoms with van der Waals surface area (Å²) >= 11 is 0. The molecule has 0 aromatic heterocycles. The maximum absolute atomic E-state index is 10.5. The number of carboxylic acid groups (broad SMARTS) is 2. The number of hydrogen-bond acceptors (Lipinski definition) is 3. The number of likely N-dealkylation sites (N-methyl/N-ethyl adjacent to an activating group) is 1. The summed E-state index contributed by atoms with van der Waals surface area (Å²) in [6, 6.07) is -0.0720. The van der Waals surface area contributed by atoms with Gasteiger partial charge in [0.05, 0.1) is 33.0 Å². The van der Waals surface area contributed by atoms with E-state index in [9.17, 15) is 14.7 Å². The molecule has 0 aliphatic heterocycles. The van der Waals surface area contributed by atoms with Crippen molar-refractivity contribution >= 4 is 11.9 Å². The third-order valence-electron chi connectivity index (χ3n) is 2.82. The van der Waals surface area contributed by atoms with Gasteiger partial charge < -0.3 is 19.5 Å². The number of quaternary nitrogens is 1. The van der Waals surface area contributed by atoms with Crippen molar-refractivity contribution in [1.29, 1.82) is 0 Å². The molecule has 0 radical (unpaired) electrons. The first-order chi connectivity index (χ1) is 7.16. The van der Waals surface area contributed by atoms with Crippen LogP contribution in [0.15, 0.2) is 11.6 Å². The first-order valence-corrected chi connectivity index (χ1v) is 5.11. The van der Waals surface area contributed by atoms with Crippen molar-refractivity contribution in [3.05, 3.63) is 11.6 Å². The SMILES string of the molecule is C/C(=C\C(C)[N+](C)(C)CCC(=O)O)C(=O)[O-]. The van der Waals surface area contributed by atoms with E-state index in [2.05, 4.69) is 0 Å². The molecule has 0 amide bonds. The third kappa shape index (κ3) is 4.93. The molecule has 0 rings (SSSR count). The van der Waals surface area contributed by atoms with Crippen molar-refractivity contribution < 1.29 is 24.3 Å². The third-order valence-corrected chi connectivity index (χ3v) is 2.82. The van der Waals surface area contributed by atoms with Gasteiger partial charge in [0.1, 0.15) is 6.04 Å². The lowest BCUT2D eigenvalue weighted by Gasteiger charge is -2.34. The normalized spacial score (nSPS) is 14.6. The predicted octanol–water partition coefficient (Wildman–Crippen LogP) is -0.378. The Morgan fingerprint density at radius 3 is 2.31 bits per heavy atom. The van der Waals surface area contributed by atoms with Crippen LogP contribution in [-0.4, -0.2) is 48.2 Å². The fourth-order valence-corrected chi connectivity index (χ4v) is 1.22. The zero-order chi connectivity index (χ0) is 12.9. The van der Waals surface area contributed by atoms with Gasteiger partial charge in [0, 0.05) is 0 Å². The highest BCUT2D eigenvalue weighted by molar-refractivity contribution is 5.83. The van der Waals surface area contributed by atoms with Gasteiger partial charge in [-0.15, -0.1) is 0 Å². The molecule has 0 aromatic carbocycles. The second-order valence-corrected chi connectivity index (χ2v) is 4.52. The van der Waals surface area contributed by atoms with Gasteiger partial charge >= 0.3 is 5.97 Å². The first-order valence-electron chi connectivity index (χ1n) is 5.11. The highest BCUT2D eigenvalue weighted by Crippen LogP contribution is 2.11. The van der Waals surface area contributed by atoms with E-state index in [-0.39, 0.29) is 18.0 Å². The highest BCUT2D eigenvalue weighted by Gasteiger charge is 2.23. The average molecular weight is 229 g/mol. The lowest BCUT2D eigenvalue weighted by atomic mass is 10.1. The average Bonchev–Trinajstić information content (AvgIpc) is 2.14. The molecule has 0 saturated carbocycles. The summed E-state index contributed by atoms with van der Waals surface area (Å²) in [4.78, 5) is 21.0.